The highest BCUT2D eigenvalue weighted by Gasteiger charge is 2.25. The fraction of sp³-hybridized carbons (Fsp3) is 0.0909. The largest absolute Gasteiger partial charge is 0.488 e. The molecule has 1 aliphatic heterocycles. The smallest absolute Gasteiger partial charge is 0.363 e. The summed E-state index contributed by atoms with van der Waals surface area (Å²) in [4.78, 5) is 17.4. The molecule has 0 saturated carbocycles. The number of aliphatic imine (C=N–C) groups is 1. The molecular formula is C22H16ClNO3S. The van der Waals surface area contributed by atoms with E-state index in [1.807, 2.05) is 66.9 Å². The summed E-state index contributed by atoms with van der Waals surface area (Å²) in [5, 5.41) is 2.56. The number of thiophene rings is 1. The average molecular weight is 410 g/mol. The Bertz CT molecular complexity index is 1090. The maximum Gasteiger partial charge on any atom is 0.363 e. The quantitative estimate of drug-likeness (QED) is 0.405. The van der Waals surface area contributed by atoms with Gasteiger partial charge in [0, 0.05) is 16.1 Å². The van der Waals surface area contributed by atoms with Crippen molar-refractivity contribution >= 4 is 40.9 Å². The standard InChI is InChI=1S/C22H16ClNO3S/c1-14-8-9-19(26-13-15-5-2-3-6-17(15)23)16(11-14)12-18-22(25)27-21(24-18)20-7-4-10-28-20/h2-12H,13H2,1H3/b18-12+. The van der Waals surface area contributed by atoms with Crippen molar-refractivity contribution in [1.29, 1.82) is 0 Å². The van der Waals surface area contributed by atoms with Crippen molar-refractivity contribution in [2.45, 2.75) is 13.5 Å². The number of aryl methyl sites for hydroxylation is 1. The zero-order valence-corrected chi connectivity index (χ0v) is 16.6. The Balaban J connectivity index is 1.62. The lowest BCUT2D eigenvalue weighted by Crippen LogP contribution is -2.03. The average Bonchev–Trinajstić information content (AvgIpc) is 3.33. The first-order valence-corrected chi connectivity index (χ1v) is 9.89. The van der Waals surface area contributed by atoms with Crippen LogP contribution in [0.5, 0.6) is 5.75 Å². The van der Waals surface area contributed by atoms with Gasteiger partial charge in [0.15, 0.2) is 5.70 Å². The molecule has 0 saturated heterocycles. The zero-order valence-electron chi connectivity index (χ0n) is 15.0. The number of carbonyl (C=O) groups excluding carboxylic acids is 1. The molecule has 0 bridgehead atoms. The summed E-state index contributed by atoms with van der Waals surface area (Å²) in [6, 6.07) is 17.1. The summed E-state index contributed by atoms with van der Waals surface area (Å²) in [6.45, 7) is 2.31. The molecule has 1 aromatic heterocycles. The first-order chi connectivity index (χ1) is 13.6. The number of ether oxygens (including phenoxy) is 2. The van der Waals surface area contributed by atoms with E-state index in [1.165, 1.54) is 11.3 Å². The Kier molecular flexibility index (Phi) is 5.28. The number of hydrogen-bond acceptors (Lipinski definition) is 5. The molecule has 0 unspecified atom stereocenters. The van der Waals surface area contributed by atoms with E-state index in [9.17, 15) is 4.79 Å². The molecule has 0 aliphatic carbocycles. The first kappa shape index (κ1) is 18.5. The van der Waals surface area contributed by atoms with E-state index in [1.54, 1.807) is 6.08 Å². The van der Waals surface area contributed by atoms with Crippen LogP contribution >= 0.6 is 22.9 Å². The minimum atomic E-state index is -0.470. The lowest BCUT2D eigenvalue weighted by atomic mass is 10.1. The fourth-order valence-electron chi connectivity index (χ4n) is 2.75. The number of carbonyl (C=O) groups is 1. The number of benzene rings is 2. The molecule has 140 valence electrons. The summed E-state index contributed by atoms with van der Waals surface area (Å²) < 4.78 is 11.3. The minimum Gasteiger partial charge on any atom is -0.488 e. The molecule has 0 atom stereocenters. The minimum absolute atomic E-state index is 0.247. The van der Waals surface area contributed by atoms with Gasteiger partial charge in [-0.1, -0.05) is 47.5 Å². The van der Waals surface area contributed by atoms with Gasteiger partial charge >= 0.3 is 5.97 Å². The van der Waals surface area contributed by atoms with E-state index in [2.05, 4.69) is 4.99 Å². The van der Waals surface area contributed by atoms with Crippen LogP contribution in [0.2, 0.25) is 5.02 Å². The summed E-state index contributed by atoms with van der Waals surface area (Å²) in [7, 11) is 0. The summed E-state index contributed by atoms with van der Waals surface area (Å²) in [6.07, 6.45) is 1.69. The van der Waals surface area contributed by atoms with Gasteiger partial charge in [0.25, 0.3) is 0 Å². The van der Waals surface area contributed by atoms with E-state index < -0.39 is 5.97 Å². The van der Waals surface area contributed by atoms with Crippen LogP contribution in [0.4, 0.5) is 0 Å². The third-order valence-corrected chi connectivity index (χ3v) is 5.38. The molecule has 1 aliphatic rings. The van der Waals surface area contributed by atoms with Crippen LogP contribution in [-0.4, -0.2) is 11.9 Å². The number of rotatable bonds is 5. The highest BCUT2D eigenvalue weighted by atomic mass is 35.5. The van der Waals surface area contributed by atoms with E-state index in [0.29, 0.717) is 23.3 Å². The Hall–Kier alpha value is -2.89. The van der Waals surface area contributed by atoms with Gasteiger partial charge in [-0.15, -0.1) is 11.3 Å². The summed E-state index contributed by atoms with van der Waals surface area (Å²) in [5.74, 6) is 0.505. The van der Waals surface area contributed by atoms with Crippen LogP contribution in [-0.2, 0) is 16.1 Å². The van der Waals surface area contributed by atoms with Crippen molar-refractivity contribution in [2.24, 2.45) is 4.99 Å². The molecule has 2 heterocycles. The molecule has 0 N–H and O–H groups in total. The van der Waals surface area contributed by atoms with Gasteiger partial charge in [0.2, 0.25) is 5.90 Å². The van der Waals surface area contributed by atoms with E-state index in [-0.39, 0.29) is 5.70 Å². The maximum absolute atomic E-state index is 12.2. The zero-order chi connectivity index (χ0) is 19.5. The highest BCUT2D eigenvalue weighted by Crippen LogP contribution is 2.28. The molecule has 0 spiro atoms. The predicted octanol–water partition coefficient (Wildman–Crippen LogP) is 5.63. The van der Waals surface area contributed by atoms with Crippen LogP contribution in [0, 0.1) is 6.92 Å². The molecule has 2 aromatic carbocycles. The van der Waals surface area contributed by atoms with Crippen molar-refractivity contribution in [3.63, 3.8) is 0 Å². The Labute approximate surface area is 171 Å². The molecule has 4 rings (SSSR count). The van der Waals surface area contributed by atoms with Crippen molar-refractivity contribution in [3.05, 3.63) is 92.3 Å². The van der Waals surface area contributed by atoms with Crippen molar-refractivity contribution < 1.29 is 14.3 Å². The first-order valence-electron chi connectivity index (χ1n) is 8.63. The maximum atomic E-state index is 12.2. The van der Waals surface area contributed by atoms with Crippen molar-refractivity contribution in [2.75, 3.05) is 0 Å². The lowest BCUT2D eigenvalue weighted by molar-refractivity contribution is -0.129. The molecule has 0 radical (unpaired) electrons. The molecule has 0 amide bonds. The van der Waals surface area contributed by atoms with Crippen LogP contribution in [0.1, 0.15) is 21.6 Å². The van der Waals surface area contributed by atoms with Crippen LogP contribution in [0.25, 0.3) is 6.08 Å². The van der Waals surface area contributed by atoms with Crippen molar-refractivity contribution in [3.8, 4) is 5.75 Å². The summed E-state index contributed by atoms with van der Waals surface area (Å²) >= 11 is 7.68. The second-order valence-electron chi connectivity index (χ2n) is 6.23. The van der Waals surface area contributed by atoms with E-state index in [0.717, 1.165) is 21.6 Å². The Morgan fingerprint density at radius 2 is 2.04 bits per heavy atom. The number of halogens is 1. The third-order valence-electron chi connectivity index (χ3n) is 4.15. The van der Waals surface area contributed by atoms with Gasteiger partial charge in [-0.25, -0.2) is 9.79 Å². The van der Waals surface area contributed by atoms with Gasteiger partial charge in [-0.3, -0.25) is 0 Å². The third kappa shape index (κ3) is 4.01. The molecule has 0 fully saturated rings. The Morgan fingerprint density at radius 3 is 2.82 bits per heavy atom. The second kappa shape index (κ2) is 8.00. The highest BCUT2D eigenvalue weighted by molar-refractivity contribution is 7.12. The topological polar surface area (TPSA) is 47.9 Å². The number of esters is 1. The number of nitrogens with zero attached hydrogens (tertiary/aromatic N) is 1. The molecular weight excluding hydrogens is 394 g/mol. The molecule has 28 heavy (non-hydrogen) atoms. The predicted molar refractivity (Wildman–Crippen MR) is 112 cm³/mol. The second-order valence-corrected chi connectivity index (χ2v) is 7.59. The van der Waals surface area contributed by atoms with E-state index in [4.69, 9.17) is 21.1 Å². The van der Waals surface area contributed by atoms with Crippen LogP contribution < -0.4 is 4.74 Å². The van der Waals surface area contributed by atoms with Crippen molar-refractivity contribution in [1.82, 2.24) is 0 Å². The number of hydrogen-bond donors (Lipinski definition) is 0. The SMILES string of the molecule is Cc1ccc(OCc2ccccc2Cl)c(/C=C2/N=C(c3cccs3)OC2=O)c1. The van der Waals surface area contributed by atoms with Gasteiger partial charge in [-0.2, -0.15) is 0 Å². The van der Waals surface area contributed by atoms with Gasteiger partial charge in [-0.05, 0) is 42.6 Å². The lowest BCUT2D eigenvalue weighted by Gasteiger charge is -2.11. The van der Waals surface area contributed by atoms with Crippen LogP contribution in [0.15, 0.2) is 70.7 Å². The Morgan fingerprint density at radius 1 is 1.18 bits per heavy atom. The van der Waals surface area contributed by atoms with Gasteiger partial charge in [0.1, 0.15) is 12.4 Å². The monoisotopic (exact) mass is 409 g/mol. The van der Waals surface area contributed by atoms with Gasteiger partial charge < -0.3 is 9.47 Å². The molecule has 3 aromatic rings. The van der Waals surface area contributed by atoms with Gasteiger partial charge in [0.05, 0.1) is 4.88 Å². The summed E-state index contributed by atoms with van der Waals surface area (Å²) in [5.41, 5.74) is 2.94. The van der Waals surface area contributed by atoms with Crippen LogP contribution in [0.3, 0.4) is 0 Å². The molecule has 6 heteroatoms. The number of cyclic esters (lactones) is 1. The normalized spacial score (nSPS) is 14.9. The molecule has 4 nitrogen and oxygen atoms in total. The van der Waals surface area contributed by atoms with E-state index >= 15 is 0 Å². The fourth-order valence-corrected chi connectivity index (χ4v) is 3.58.